The maximum atomic E-state index is 11.8. The van der Waals surface area contributed by atoms with Crippen molar-refractivity contribution < 1.29 is 9.53 Å². The van der Waals surface area contributed by atoms with Gasteiger partial charge in [0, 0.05) is 13.1 Å². The summed E-state index contributed by atoms with van der Waals surface area (Å²) in [5, 5.41) is 10.4. The summed E-state index contributed by atoms with van der Waals surface area (Å²) >= 11 is 0. The first-order valence-corrected chi connectivity index (χ1v) is 7.29. The van der Waals surface area contributed by atoms with E-state index in [4.69, 9.17) is 10.5 Å². The molecule has 1 amide bonds. The number of hydrogen-bond donors (Lipinski definition) is 2. The molecular weight excluding hydrogens is 258 g/mol. The van der Waals surface area contributed by atoms with Gasteiger partial charge in [0.05, 0.1) is 25.5 Å². The predicted molar refractivity (Wildman–Crippen MR) is 74.2 cm³/mol. The fraction of sp³-hybridized carbons (Fsp3) is 0.769. The quantitative estimate of drug-likeness (QED) is 0.702. The fourth-order valence-electron chi connectivity index (χ4n) is 2.36. The highest BCUT2D eigenvalue weighted by Crippen LogP contribution is 2.19. The van der Waals surface area contributed by atoms with E-state index in [0.717, 1.165) is 12.8 Å². The van der Waals surface area contributed by atoms with Crippen LogP contribution in [-0.2, 0) is 11.3 Å². The van der Waals surface area contributed by atoms with Crippen molar-refractivity contribution in [3.05, 3.63) is 11.9 Å². The van der Waals surface area contributed by atoms with Crippen LogP contribution in [0.25, 0.3) is 0 Å². The first kappa shape index (κ1) is 14.9. The molecule has 0 radical (unpaired) electrons. The Morgan fingerprint density at radius 1 is 1.45 bits per heavy atom. The smallest absolute Gasteiger partial charge is 0.273 e. The summed E-state index contributed by atoms with van der Waals surface area (Å²) in [5.74, 6) is -0.222. The first-order valence-electron chi connectivity index (χ1n) is 7.29. The van der Waals surface area contributed by atoms with Gasteiger partial charge in [-0.25, -0.2) is 0 Å². The summed E-state index contributed by atoms with van der Waals surface area (Å²) in [5.41, 5.74) is 5.73. The molecule has 0 bridgehead atoms. The molecule has 7 heteroatoms. The van der Waals surface area contributed by atoms with Crippen LogP contribution in [0.2, 0.25) is 0 Å². The van der Waals surface area contributed by atoms with Crippen LogP contribution in [0.5, 0.6) is 0 Å². The SMILES string of the molecule is NCCn1cc(C(=O)NCCOC2CCCCC2)nn1. The van der Waals surface area contributed by atoms with E-state index in [-0.39, 0.29) is 5.91 Å². The molecule has 0 unspecified atom stereocenters. The summed E-state index contributed by atoms with van der Waals surface area (Å²) in [6.45, 7) is 2.08. The summed E-state index contributed by atoms with van der Waals surface area (Å²) in [6.07, 6.45) is 8.07. The maximum Gasteiger partial charge on any atom is 0.273 e. The number of rotatable bonds is 7. The Balaban J connectivity index is 1.63. The van der Waals surface area contributed by atoms with Crippen molar-refractivity contribution in [2.24, 2.45) is 5.73 Å². The van der Waals surface area contributed by atoms with Gasteiger partial charge in [0.1, 0.15) is 0 Å². The molecule has 7 nitrogen and oxygen atoms in total. The van der Waals surface area contributed by atoms with Gasteiger partial charge in [-0.1, -0.05) is 24.5 Å². The van der Waals surface area contributed by atoms with Gasteiger partial charge in [-0.05, 0) is 12.8 Å². The number of nitrogens with one attached hydrogen (secondary N) is 1. The molecule has 0 spiro atoms. The van der Waals surface area contributed by atoms with E-state index >= 15 is 0 Å². The Bertz CT molecular complexity index is 415. The Labute approximate surface area is 118 Å². The van der Waals surface area contributed by atoms with Gasteiger partial charge >= 0.3 is 0 Å². The molecule has 1 aliphatic rings. The van der Waals surface area contributed by atoms with Crippen LogP contribution in [0.15, 0.2) is 6.20 Å². The minimum atomic E-state index is -0.222. The van der Waals surface area contributed by atoms with Crippen LogP contribution in [0.3, 0.4) is 0 Å². The van der Waals surface area contributed by atoms with Gasteiger partial charge in [-0.2, -0.15) is 0 Å². The number of hydrogen-bond acceptors (Lipinski definition) is 5. The molecule has 3 N–H and O–H groups in total. The lowest BCUT2D eigenvalue weighted by molar-refractivity contribution is 0.0299. The normalized spacial score (nSPS) is 16.2. The van der Waals surface area contributed by atoms with Gasteiger partial charge < -0.3 is 15.8 Å². The molecule has 0 aliphatic heterocycles. The zero-order chi connectivity index (χ0) is 14.2. The number of carbonyl (C=O) groups excluding carboxylic acids is 1. The molecule has 1 aliphatic carbocycles. The highest BCUT2D eigenvalue weighted by molar-refractivity contribution is 5.91. The molecule has 1 heterocycles. The van der Waals surface area contributed by atoms with Crippen LogP contribution in [-0.4, -0.2) is 46.7 Å². The lowest BCUT2D eigenvalue weighted by atomic mass is 9.98. The van der Waals surface area contributed by atoms with Crippen LogP contribution in [0, 0.1) is 0 Å². The van der Waals surface area contributed by atoms with Gasteiger partial charge in [0.25, 0.3) is 5.91 Å². The van der Waals surface area contributed by atoms with Gasteiger partial charge in [-0.15, -0.1) is 5.10 Å². The minimum absolute atomic E-state index is 0.222. The molecule has 0 atom stereocenters. The van der Waals surface area contributed by atoms with E-state index < -0.39 is 0 Å². The van der Waals surface area contributed by atoms with Gasteiger partial charge in [-0.3, -0.25) is 9.48 Å². The fourth-order valence-corrected chi connectivity index (χ4v) is 2.36. The number of nitrogens with two attached hydrogens (primary N) is 1. The first-order chi connectivity index (χ1) is 9.79. The van der Waals surface area contributed by atoms with E-state index in [1.165, 1.54) is 19.3 Å². The summed E-state index contributed by atoms with van der Waals surface area (Å²) in [6, 6.07) is 0. The molecular formula is C13H23N5O2. The summed E-state index contributed by atoms with van der Waals surface area (Å²) in [7, 11) is 0. The number of nitrogens with zero attached hydrogens (tertiary/aromatic N) is 3. The molecule has 0 saturated heterocycles. The summed E-state index contributed by atoms with van der Waals surface area (Å²) < 4.78 is 7.30. The van der Waals surface area contributed by atoms with E-state index in [9.17, 15) is 4.79 Å². The van der Waals surface area contributed by atoms with Gasteiger partial charge in [0.2, 0.25) is 0 Å². The van der Waals surface area contributed by atoms with Crippen molar-refractivity contribution in [3.8, 4) is 0 Å². The van der Waals surface area contributed by atoms with Crippen molar-refractivity contribution in [1.82, 2.24) is 20.3 Å². The average Bonchev–Trinajstić information content (AvgIpc) is 2.94. The van der Waals surface area contributed by atoms with E-state index in [0.29, 0.717) is 38.0 Å². The second-order valence-corrected chi connectivity index (χ2v) is 5.04. The van der Waals surface area contributed by atoms with Crippen molar-refractivity contribution >= 4 is 5.91 Å². The number of amides is 1. The Morgan fingerprint density at radius 2 is 2.25 bits per heavy atom. The Kier molecular flexibility index (Phi) is 5.94. The lowest BCUT2D eigenvalue weighted by Crippen LogP contribution is -2.29. The molecule has 1 aromatic rings. The van der Waals surface area contributed by atoms with Crippen molar-refractivity contribution in [1.29, 1.82) is 0 Å². The predicted octanol–water partition coefficient (Wildman–Crippen LogP) is 0.316. The maximum absolute atomic E-state index is 11.8. The van der Waals surface area contributed by atoms with Crippen molar-refractivity contribution in [2.75, 3.05) is 19.7 Å². The number of aromatic nitrogens is 3. The second kappa shape index (κ2) is 7.96. The molecule has 1 fully saturated rings. The molecule has 1 aromatic heterocycles. The molecule has 20 heavy (non-hydrogen) atoms. The van der Waals surface area contributed by atoms with Crippen molar-refractivity contribution in [3.63, 3.8) is 0 Å². The second-order valence-electron chi connectivity index (χ2n) is 5.04. The summed E-state index contributed by atoms with van der Waals surface area (Å²) in [4.78, 5) is 11.8. The van der Waals surface area contributed by atoms with E-state index in [1.807, 2.05) is 0 Å². The van der Waals surface area contributed by atoms with Crippen LogP contribution < -0.4 is 11.1 Å². The van der Waals surface area contributed by atoms with Crippen molar-refractivity contribution in [2.45, 2.75) is 44.8 Å². The third-order valence-electron chi connectivity index (χ3n) is 3.42. The topological polar surface area (TPSA) is 95.1 Å². The molecule has 2 rings (SSSR count). The van der Waals surface area contributed by atoms with Gasteiger partial charge in [0.15, 0.2) is 5.69 Å². The monoisotopic (exact) mass is 281 g/mol. The lowest BCUT2D eigenvalue weighted by Gasteiger charge is -2.21. The zero-order valence-electron chi connectivity index (χ0n) is 11.8. The van der Waals surface area contributed by atoms with Crippen LogP contribution in [0.4, 0.5) is 0 Å². The molecule has 112 valence electrons. The highest BCUT2D eigenvalue weighted by Gasteiger charge is 2.14. The third kappa shape index (κ3) is 4.57. The largest absolute Gasteiger partial charge is 0.376 e. The van der Waals surface area contributed by atoms with E-state index in [2.05, 4.69) is 15.6 Å². The Morgan fingerprint density at radius 3 is 3.00 bits per heavy atom. The highest BCUT2D eigenvalue weighted by atomic mass is 16.5. The minimum Gasteiger partial charge on any atom is -0.376 e. The van der Waals surface area contributed by atoms with E-state index in [1.54, 1.807) is 10.9 Å². The number of carbonyl (C=O) groups is 1. The molecule has 0 aromatic carbocycles. The van der Waals surface area contributed by atoms with Crippen LogP contribution >= 0.6 is 0 Å². The molecule has 1 saturated carbocycles. The average molecular weight is 281 g/mol. The standard InChI is InChI=1S/C13H23N5O2/c14-6-8-18-10-12(16-17-18)13(19)15-7-9-20-11-4-2-1-3-5-11/h10-11H,1-9,14H2,(H,15,19). The Hall–Kier alpha value is -1.47. The number of ether oxygens (including phenoxy) is 1. The van der Waals surface area contributed by atoms with Crippen LogP contribution in [0.1, 0.15) is 42.6 Å². The zero-order valence-corrected chi connectivity index (χ0v) is 11.8. The third-order valence-corrected chi connectivity index (χ3v) is 3.42.